The first-order valence-electron chi connectivity index (χ1n) is 5.70. The first kappa shape index (κ1) is 14.5. The van der Waals surface area contributed by atoms with Crippen molar-refractivity contribution < 1.29 is 22.0 Å². The smallest absolute Gasteiger partial charge is 0.134 e. The van der Waals surface area contributed by atoms with Gasteiger partial charge in [0.05, 0.1) is 6.04 Å². The number of benzene rings is 2. The topological polar surface area (TPSA) is 12.0 Å². The lowest BCUT2D eigenvalue weighted by molar-refractivity contribution is 0.488. The Labute approximate surface area is 112 Å². The van der Waals surface area contributed by atoms with E-state index in [1.807, 2.05) is 0 Å². The predicted octanol–water partition coefficient (Wildman–Crippen LogP) is 3.69. The van der Waals surface area contributed by atoms with Crippen LogP contribution >= 0.6 is 0 Å². The monoisotopic (exact) mass is 287 g/mol. The summed E-state index contributed by atoms with van der Waals surface area (Å²) in [7, 11) is 1.33. The first-order valence-corrected chi connectivity index (χ1v) is 5.70. The van der Waals surface area contributed by atoms with Crippen LogP contribution < -0.4 is 5.32 Å². The van der Waals surface area contributed by atoms with Gasteiger partial charge in [-0.15, -0.1) is 0 Å². The predicted molar refractivity (Wildman–Crippen MR) is 63.6 cm³/mol. The van der Waals surface area contributed by atoms with E-state index in [0.717, 1.165) is 18.2 Å². The summed E-state index contributed by atoms with van der Waals surface area (Å²) in [4.78, 5) is 0. The average molecular weight is 287 g/mol. The zero-order chi connectivity index (χ0) is 14.9. The molecule has 2 aromatic rings. The van der Waals surface area contributed by atoms with Gasteiger partial charge in [0.2, 0.25) is 0 Å². The highest BCUT2D eigenvalue weighted by Crippen LogP contribution is 2.29. The maximum absolute atomic E-state index is 13.7. The van der Waals surface area contributed by atoms with Gasteiger partial charge in [-0.25, -0.2) is 22.0 Å². The van der Waals surface area contributed by atoms with Crippen molar-refractivity contribution in [1.82, 2.24) is 5.32 Å². The summed E-state index contributed by atoms with van der Waals surface area (Å²) in [6.45, 7) is 0. The molecule has 0 bridgehead atoms. The Morgan fingerprint density at radius 3 is 1.95 bits per heavy atom. The molecule has 0 aliphatic carbocycles. The van der Waals surface area contributed by atoms with Crippen molar-refractivity contribution in [1.29, 1.82) is 0 Å². The molecule has 1 nitrogen and oxygen atoms in total. The zero-order valence-corrected chi connectivity index (χ0v) is 10.4. The molecule has 6 heteroatoms. The van der Waals surface area contributed by atoms with Crippen LogP contribution in [0.15, 0.2) is 30.3 Å². The third kappa shape index (κ3) is 2.65. The van der Waals surface area contributed by atoms with Crippen molar-refractivity contribution in [3.63, 3.8) is 0 Å². The molecular weight excluding hydrogens is 277 g/mol. The molecule has 0 saturated heterocycles. The van der Waals surface area contributed by atoms with E-state index in [1.165, 1.54) is 7.05 Å². The van der Waals surface area contributed by atoms with E-state index in [0.29, 0.717) is 12.1 Å². The molecule has 0 saturated carbocycles. The van der Waals surface area contributed by atoms with E-state index in [2.05, 4.69) is 5.32 Å². The summed E-state index contributed by atoms with van der Waals surface area (Å²) in [5, 5.41) is 2.49. The third-order valence-corrected chi connectivity index (χ3v) is 2.89. The molecule has 0 radical (unpaired) electrons. The Bertz CT molecular complexity index is 618. The highest BCUT2D eigenvalue weighted by Gasteiger charge is 2.24. The lowest BCUT2D eigenvalue weighted by Gasteiger charge is -2.19. The van der Waals surface area contributed by atoms with Crippen LogP contribution in [0.1, 0.15) is 17.2 Å². The Morgan fingerprint density at radius 2 is 1.40 bits per heavy atom. The molecule has 2 rings (SSSR count). The highest BCUT2D eigenvalue weighted by molar-refractivity contribution is 5.35. The van der Waals surface area contributed by atoms with Crippen LogP contribution in [-0.2, 0) is 0 Å². The van der Waals surface area contributed by atoms with Crippen LogP contribution in [0.25, 0.3) is 0 Å². The second kappa shape index (κ2) is 5.58. The van der Waals surface area contributed by atoms with E-state index in [-0.39, 0.29) is 5.56 Å². The molecular formula is C14H10F5N. The molecule has 106 valence electrons. The minimum atomic E-state index is -1.27. The van der Waals surface area contributed by atoms with Gasteiger partial charge in [0.1, 0.15) is 29.1 Å². The van der Waals surface area contributed by atoms with Crippen LogP contribution in [0, 0.1) is 29.1 Å². The van der Waals surface area contributed by atoms with Gasteiger partial charge in [-0.2, -0.15) is 0 Å². The van der Waals surface area contributed by atoms with Crippen molar-refractivity contribution in [2.75, 3.05) is 7.05 Å². The van der Waals surface area contributed by atoms with Gasteiger partial charge in [-0.05, 0) is 25.2 Å². The van der Waals surface area contributed by atoms with E-state index in [9.17, 15) is 22.0 Å². The SMILES string of the molecule is CNC(c1cc(F)ccc1F)c1c(F)cc(F)cc1F. The van der Waals surface area contributed by atoms with E-state index in [1.54, 1.807) is 0 Å². The van der Waals surface area contributed by atoms with Gasteiger partial charge in [-0.3, -0.25) is 0 Å². The van der Waals surface area contributed by atoms with Gasteiger partial charge < -0.3 is 5.32 Å². The Morgan fingerprint density at radius 1 is 0.800 bits per heavy atom. The lowest BCUT2D eigenvalue weighted by atomic mass is 9.97. The molecule has 0 spiro atoms. The van der Waals surface area contributed by atoms with Crippen molar-refractivity contribution in [2.24, 2.45) is 0 Å². The average Bonchev–Trinajstić information content (AvgIpc) is 2.37. The fraction of sp³-hybridized carbons (Fsp3) is 0.143. The second-order valence-corrected chi connectivity index (χ2v) is 4.17. The Hall–Kier alpha value is -1.95. The quantitative estimate of drug-likeness (QED) is 0.849. The summed E-state index contributed by atoms with van der Waals surface area (Å²) in [5.74, 6) is -5.01. The van der Waals surface area contributed by atoms with Gasteiger partial charge in [0, 0.05) is 23.3 Å². The highest BCUT2D eigenvalue weighted by atomic mass is 19.2. The number of halogens is 5. The largest absolute Gasteiger partial charge is 0.309 e. The van der Waals surface area contributed by atoms with Crippen LogP contribution in [0.3, 0.4) is 0 Å². The van der Waals surface area contributed by atoms with Crippen molar-refractivity contribution in [2.45, 2.75) is 6.04 Å². The van der Waals surface area contributed by atoms with Gasteiger partial charge in [0.25, 0.3) is 0 Å². The molecule has 2 aromatic carbocycles. The summed E-state index contributed by atoms with van der Waals surface area (Å²) in [6.07, 6.45) is 0. The molecule has 0 heterocycles. The maximum Gasteiger partial charge on any atom is 0.134 e. The number of nitrogens with one attached hydrogen (secondary N) is 1. The normalized spacial score (nSPS) is 12.5. The first-order chi connectivity index (χ1) is 9.43. The minimum absolute atomic E-state index is 0.267. The van der Waals surface area contributed by atoms with Crippen LogP contribution in [0.2, 0.25) is 0 Å². The number of hydrogen-bond acceptors (Lipinski definition) is 1. The van der Waals surface area contributed by atoms with E-state index in [4.69, 9.17) is 0 Å². The van der Waals surface area contributed by atoms with E-state index < -0.39 is 40.7 Å². The van der Waals surface area contributed by atoms with Crippen LogP contribution in [-0.4, -0.2) is 7.05 Å². The van der Waals surface area contributed by atoms with Crippen molar-refractivity contribution in [3.05, 3.63) is 70.5 Å². The Kier molecular flexibility index (Phi) is 4.04. The van der Waals surface area contributed by atoms with Crippen LogP contribution in [0.4, 0.5) is 22.0 Å². The molecule has 1 N–H and O–H groups in total. The Balaban J connectivity index is 2.61. The fourth-order valence-corrected chi connectivity index (χ4v) is 2.02. The van der Waals surface area contributed by atoms with Crippen molar-refractivity contribution >= 4 is 0 Å². The molecule has 1 unspecified atom stereocenters. The maximum atomic E-state index is 13.7. The molecule has 1 atom stereocenters. The summed E-state index contributed by atoms with van der Waals surface area (Å²) < 4.78 is 67.2. The van der Waals surface area contributed by atoms with E-state index >= 15 is 0 Å². The molecule has 0 aliphatic rings. The standard InChI is InChI=1S/C14H10F5N/c1-20-14(9-4-7(15)2-3-10(9)17)13-11(18)5-8(16)6-12(13)19/h2-6,14,20H,1H3. The third-order valence-electron chi connectivity index (χ3n) is 2.89. The number of rotatable bonds is 3. The molecule has 20 heavy (non-hydrogen) atoms. The molecule has 0 fully saturated rings. The second-order valence-electron chi connectivity index (χ2n) is 4.17. The van der Waals surface area contributed by atoms with Gasteiger partial charge in [0.15, 0.2) is 0 Å². The van der Waals surface area contributed by atoms with Gasteiger partial charge >= 0.3 is 0 Å². The molecule has 0 aromatic heterocycles. The molecule has 0 aliphatic heterocycles. The minimum Gasteiger partial charge on any atom is -0.309 e. The lowest BCUT2D eigenvalue weighted by Crippen LogP contribution is -2.22. The summed E-state index contributed by atoms with van der Waals surface area (Å²) in [6, 6.07) is 2.28. The number of hydrogen-bond donors (Lipinski definition) is 1. The van der Waals surface area contributed by atoms with Crippen LogP contribution in [0.5, 0.6) is 0 Å². The van der Waals surface area contributed by atoms with Crippen molar-refractivity contribution in [3.8, 4) is 0 Å². The van der Waals surface area contributed by atoms with Gasteiger partial charge in [-0.1, -0.05) is 0 Å². The summed E-state index contributed by atoms with van der Waals surface area (Å²) >= 11 is 0. The molecule has 0 amide bonds. The zero-order valence-electron chi connectivity index (χ0n) is 10.4. The summed E-state index contributed by atoms with van der Waals surface area (Å²) in [5.41, 5.74) is -0.838. The fourth-order valence-electron chi connectivity index (χ4n) is 2.02.